The molecule has 78 valence electrons. The summed E-state index contributed by atoms with van der Waals surface area (Å²) in [5.41, 5.74) is 3.40. The maximum absolute atomic E-state index is 11.8. The van der Waals surface area contributed by atoms with E-state index in [0.717, 1.165) is 12.0 Å². The largest absolute Gasteiger partial charge is 0.294 e. The zero-order chi connectivity index (χ0) is 10.8. The average Bonchev–Trinajstić information content (AvgIpc) is 2.62. The SMILES string of the molecule is CC(C)CC(=O)c1ccc2c(c1)C=CC2. The highest BCUT2D eigenvalue weighted by Crippen LogP contribution is 2.21. The molecule has 0 heterocycles. The summed E-state index contributed by atoms with van der Waals surface area (Å²) in [6.45, 7) is 4.15. The van der Waals surface area contributed by atoms with Crippen LogP contribution in [0.15, 0.2) is 24.3 Å². The van der Waals surface area contributed by atoms with E-state index in [1.807, 2.05) is 12.1 Å². The Morgan fingerprint density at radius 1 is 1.40 bits per heavy atom. The van der Waals surface area contributed by atoms with Crippen LogP contribution in [-0.2, 0) is 6.42 Å². The van der Waals surface area contributed by atoms with Crippen molar-refractivity contribution in [3.8, 4) is 0 Å². The number of carbonyl (C=O) groups excluding carboxylic acids is 1. The molecular weight excluding hydrogens is 184 g/mol. The standard InChI is InChI=1S/C14H16O/c1-10(2)8-14(15)13-7-6-11-4-3-5-12(11)9-13/h3,5-7,9-10H,4,8H2,1-2H3. The molecule has 2 rings (SSSR count). The van der Waals surface area contributed by atoms with Gasteiger partial charge < -0.3 is 0 Å². The fourth-order valence-electron chi connectivity index (χ4n) is 1.91. The van der Waals surface area contributed by atoms with Crippen molar-refractivity contribution in [2.45, 2.75) is 26.7 Å². The first kappa shape index (κ1) is 10.2. The van der Waals surface area contributed by atoms with E-state index in [1.54, 1.807) is 0 Å². The molecule has 1 aromatic carbocycles. The molecule has 0 saturated heterocycles. The first-order chi connectivity index (χ1) is 7.16. The molecule has 0 fully saturated rings. The Balaban J connectivity index is 2.22. The summed E-state index contributed by atoms with van der Waals surface area (Å²) in [6, 6.07) is 6.04. The van der Waals surface area contributed by atoms with Gasteiger partial charge in [-0.05, 0) is 29.5 Å². The normalized spacial score (nSPS) is 13.3. The van der Waals surface area contributed by atoms with Gasteiger partial charge >= 0.3 is 0 Å². The van der Waals surface area contributed by atoms with E-state index in [2.05, 4.69) is 32.1 Å². The van der Waals surface area contributed by atoms with E-state index < -0.39 is 0 Å². The van der Waals surface area contributed by atoms with Gasteiger partial charge in [0.2, 0.25) is 0 Å². The molecule has 0 atom stereocenters. The minimum absolute atomic E-state index is 0.258. The van der Waals surface area contributed by atoms with E-state index in [-0.39, 0.29) is 5.78 Å². The Labute approximate surface area is 90.8 Å². The highest BCUT2D eigenvalue weighted by molar-refractivity contribution is 5.97. The average molecular weight is 200 g/mol. The number of carbonyl (C=O) groups is 1. The maximum atomic E-state index is 11.8. The number of ketones is 1. The van der Waals surface area contributed by atoms with Crippen LogP contribution in [0.25, 0.3) is 6.08 Å². The quantitative estimate of drug-likeness (QED) is 0.683. The third kappa shape index (κ3) is 2.17. The van der Waals surface area contributed by atoms with Crippen LogP contribution in [0, 0.1) is 5.92 Å². The highest BCUT2D eigenvalue weighted by atomic mass is 16.1. The molecule has 0 N–H and O–H groups in total. The van der Waals surface area contributed by atoms with Crippen molar-refractivity contribution in [1.82, 2.24) is 0 Å². The van der Waals surface area contributed by atoms with Crippen molar-refractivity contribution in [2.75, 3.05) is 0 Å². The van der Waals surface area contributed by atoms with Crippen LogP contribution in [-0.4, -0.2) is 5.78 Å². The summed E-state index contributed by atoms with van der Waals surface area (Å²) < 4.78 is 0. The molecular formula is C14H16O. The zero-order valence-electron chi connectivity index (χ0n) is 9.29. The van der Waals surface area contributed by atoms with Gasteiger partial charge in [0.1, 0.15) is 0 Å². The van der Waals surface area contributed by atoms with Crippen LogP contribution in [0.4, 0.5) is 0 Å². The third-order valence-corrected chi connectivity index (χ3v) is 2.70. The van der Waals surface area contributed by atoms with E-state index in [9.17, 15) is 4.79 Å². The van der Waals surface area contributed by atoms with E-state index >= 15 is 0 Å². The monoisotopic (exact) mass is 200 g/mol. The van der Waals surface area contributed by atoms with Crippen LogP contribution in [0.2, 0.25) is 0 Å². The Hall–Kier alpha value is -1.37. The van der Waals surface area contributed by atoms with Gasteiger partial charge in [-0.25, -0.2) is 0 Å². The first-order valence-corrected chi connectivity index (χ1v) is 5.49. The number of allylic oxidation sites excluding steroid dienone is 1. The van der Waals surface area contributed by atoms with Gasteiger partial charge in [-0.15, -0.1) is 0 Å². The number of rotatable bonds is 3. The Morgan fingerprint density at radius 3 is 2.93 bits per heavy atom. The zero-order valence-corrected chi connectivity index (χ0v) is 9.29. The molecule has 0 radical (unpaired) electrons. The number of fused-ring (bicyclic) bond motifs is 1. The molecule has 0 aliphatic heterocycles. The summed E-state index contributed by atoms with van der Waals surface area (Å²) in [5, 5.41) is 0. The smallest absolute Gasteiger partial charge is 0.163 e. The minimum atomic E-state index is 0.258. The first-order valence-electron chi connectivity index (χ1n) is 5.49. The second-order valence-electron chi connectivity index (χ2n) is 4.54. The van der Waals surface area contributed by atoms with Crippen molar-refractivity contribution in [3.05, 3.63) is 41.0 Å². The summed E-state index contributed by atoms with van der Waals surface area (Å²) >= 11 is 0. The fraction of sp³-hybridized carbons (Fsp3) is 0.357. The van der Waals surface area contributed by atoms with Crippen LogP contribution < -0.4 is 0 Å². The van der Waals surface area contributed by atoms with Crippen LogP contribution in [0.1, 0.15) is 41.8 Å². The fourth-order valence-corrected chi connectivity index (χ4v) is 1.91. The number of hydrogen-bond acceptors (Lipinski definition) is 1. The number of benzene rings is 1. The lowest BCUT2D eigenvalue weighted by Gasteiger charge is -2.06. The molecule has 1 nitrogen and oxygen atoms in total. The van der Waals surface area contributed by atoms with Crippen molar-refractivity contribution < 1.29 is 4.79 Å². The lowest BCUT2D eigenvalue weighted by atomic mass is 9.98. The molecule has 0 unspecified atom stereocenters. The number of hydrogen-bond donors (Lipinski definition) is 0. The summed E-state index contributed by atoms with van der Waals surface area (Å²) in [4.78, 5) is 11.8. The van der Waals surface area contributed by atoms with Crippen molar-refractivity contribution in [1.29, 1.82) is 0 Å². The van der Waals surface area contributed by atoms with Crippen molar-refractivity contribution in [3.63, 3.8) is 0 Å². The minimum Gasteiger partial charge on any atom is -0.294 e. The highest BCUT2D eigenvalue weighted by Gasteiger charge is 2.11. The molecule has 0 bridgehead atoms. The van der Waals surface area contributed by atoms with E-state index in [1.165, 1.54) is 11.1 Å². The predicted octanol–water partition coefficient (Wildman–Crippen LogP) is 3.48. The van der Waals surface area contributed by atoms with Crippen molar-refractivity contribution in [2.24, 2.45) is 5.92 Å². The molecule has 15 heavy (non-hydrogen) atoms. The van der Waals surface area contributed by atoms with Crippen LogP contribution in [0.3, 0.4) is 0 Å². The van der Waals surface area contributed by atoms with E-state index in [4.69, 9.17) is 0 Å². The molecule has 1 aromatic rings. The van der Waals surface area contributed by atoms with Gasteiger partial charge in [0, 0.05) is 12.0 Å². The molecule has 1 aliphatic rings. The molecule has 0 aromatic heterocycles. The van der Waals surface area contributed by atoms with Gasteiger partial charge in [-0.3, -0.25) is 4.79 Å². The van der Waals surface area contributed by atoms with Crippen LogP contribution in [0.5, 0.6) is 0 Å². The van der Waals surface area contributed by atoms with Gasteiger partial charge in [0.15, 0.2) is 5.78 Å². The summed E-state index contributed by atoms with van der Waals surface area (Å²) in [5.74, 6) is 0.689. The lowest BCUT2D eigenvalue weighted by molar-refractivity contribution is 0.0968. The predicted molar refractivity (Wildman–Crippen MR) is 63.0 cm³/mol. The molecule has 1 aliphatic carbocycles. The number of Topliss-reactive ketones (excluding diaryl/α,β-unsaturated/α-hetero) is 1. The molecule has 1 heteroatoms. The molecule has 0 spiro atoms. The summed E-state index contributed by atoms with van der Waals surface area (Å²) in [7, 11) is 0. The molecule has 0 amide bonds. The lowest BCUT2D eigenvalue weighted by Crippen LogP contribution is -2.03. The van der Waals surface area contributed by atoms with Gasteiger partial charge in [-0.1, -0.05) is 38.1 Å². The Morgan fingerprint density at radius 2 is 2.20 bits per heavy atom. The molecule has 0 saturated carbocycles. The maximum Gasteiger partial charge on any atom is 0.163 e. The van der Waals surface area contributed by atoms with Gasteiger partial charge in [0.25, 0.3) is 0 Å². The van der Waals surface area contributed by atoms with Gasteiger partial charge in [0.05, 0.1) is 0 Å². The second kappa shape index (κ2) is 4.01. The van der Waals surface area contributed by atoms with Crippen molar-refractivity contribution >= 4 is 11.9 Å². The second-order valence-corrected chi connectivity index (χ2v) is 4.54. The topological polar surface area (TPSA) is 17.1 Å². The van der Waals surface area contributed by atoms with Crippen LogP contribution >= 0.6 is 0 Å². The summed E-state index contributed by atoms with van der Waals surface area (Å²) in [6.07, 6.45) is 5.89. The Kier molecular flexibility index (Phi) is 2.72. The Bertz CT molecular complexity index is 413. The third-order valence-electron chi connectivity index (χ3n) is 2.70. The van der Waals surface area contributed by atoms with E-state index in [0.29, 0.717) is 12.3 Å². The van der Waals surface area contributed by atoms with Gasteiger partial charge in [-0.2, -0.15) is 0 Å².